The quantitative estimate of drug-likeness (QED) is 0.843. The van der Waals surface area contributed by atoms with E-state index in [4.69, 9.17) is 11.6 Å². The molecule has 0 aromatic heterocycles. The fourth-order valence-electron chi connectivity index (χ4n) is 1.41. The molecule has 6 heteroatoms. The lowest BCUT2D eigenvalue weighted by atomic mass is 10.1. The maximum Gasteiger partial charge on any atom is 0.242 e. The van der Waals surface area contributed by atoms with E-state index >= 15 is 0 Å². The van der Waals surface area contributed by atoms with E-state index in [9.17, 15) is 13.5 Å². The van der Waals surface area contributed by atoms with E-state index in [1.807, 2.05) is 13.8 Å². The first kappa shape index (κ1) is 15.4. The van der Waals surface area contributed by atoms with Crippen molar-refractivity contribution in [3.8, 4) is 0 Å². The SMILES string of the molecule is CC(C)C(O)CCNS(=O)(=O)c1ccccc1Cl. The van der Waals surface area contributed by atoms with E-state index < -0.39 is 16.1 Å². The van der Waals surface area contributed by atoms with Gasteiger partial charge < -0.3 is 5.11 Å². The summed E-state index contributed by atoms with van der Waals surface area (Å²) in [5, 5.41) is 9.78. The first-order chi connectivity index (χ1) is 8.34. The van der Waals surface area contributed by atoms with E-state index in [0.717, 1.165) is 0 Å². The molecule has 0 aliphatic rings. The molecular weight excluding hydrogens is 274 g/mol. The van der Waals surface area contributed by atoms with Crippen molar-refractivity contribution in [3.05, 3.63) is 29.3 Å². The second-order valence-corrected chi connectivity index (χ2v) is 6.57. The molecule has 2 N–H and O–H groups in total. The fourth-order valence-corrected chi connectivity index (χ4v) is 2.98. The summed E-state index contributed by atoms with van der Waals surface area (Å²) in [6, 6.07) is 6.26. The number of hydrogen-bond acceptors (Lipinski definition) is 3. The highest BCUT2D eigenvalue weighted by Gasteiger charge is 2.17. The topological polar surface area (TPSA) is 66.4 Å². The highest BCUT2D eigenvalue weighted by atomic mass is 35.5. The number of nitrogens with one attached hydrogen (secondary N) is 1. The van der Waals surface area contributed by atoms with Crippen LogP contribution in [0.4, 0.5) is 0 Å². The number of sulfonamides is 1. The first-order valence-electron chi connectivity index (χ1n) is 5.77. The Morgan fingerprint density at radius 3 is 2.50 bits per heavy atom. The van der Waals surface area contributed by atoms with Gasteiger partial charge in [-0.1, -0.05) is 37.6 Å². The molecule has 1 rings (SSSR count). The van der Waals surface area contributed by atoms with Crippen molar-refractivity contribution in [1.82, 2.24) is 4.72 Å². The van der Waals surface area contributed by atoms with Crippen LogP contribution in [0.3, 0.4) is 0 Å². The van der Waals surface area contributed by atoms with Crippen LogP contribution in [0, 0.1) is 5.92 Å². The van der Waals surface area contributed by atoms with E-state index in [-0.39, 0.29) is 22.4 Å². The lowest BCUT2D eigenvalue weighted by molar-refractivity contribution is 0.118. The lowest BCUT2D eigenvalue weighted by Crippen LogP contribution is -2.29. The Morgan fingerprint density at radius 1 is 1.33 bits per heavy atom. The third-order valence-electron chi connectivity index (χ3n) is 2.63. The second-order valence-electron chi connectivity index (χ2n) is 4.43. The van der Waals surface area contributed by atoms with Crippen molar-refractivity contribution in [2.45, 2.75) is 31.3 Å². The zero-order chi connectivity index (χ0) is 13.8. The van der Waals surface area contributed by atoms with Crippen molar-refractivity contribution >= 4 is 21.6 Å². The Bertz CT molecular complexity index is 488. The molecule has 4 nitrogen and oxygen atoms in total. The summed E-state index contributed by atoms with van der Waals surface area (Å²) in [5.74, 6) is 0.106. The van der Waals surface area contributed by atoms with Gasteiger partial charge in [0.15, 0.2) is 0 Å². The van der Waals surface area contributed by atoms with Crippen molar-refractivity contribution in [1.29, 1.82) is 0 Å². The van der Waals surface area contributed by atoms with Crippen LogP contribution in [0.15, 0.2) is 29.2 Å². The fraction of sp³-hybridized carbons (Fsp3) is 0.500. The molecule has 0 fully saturated rings. The lowest BCUT2D eigenvalue weighted by Gasteiger charge is -2.14. The van der Waals surface area contributed by atoms with Crippen molar-refractivity contribution in [2.75, 3.05) is 6.54 Å². The molecule has 0 aliphatic heterocycles. The van der Waals surface area contributed by atoms with E-state index in [1.54, 1.807) is 12.1 Å². The predicted octanol–water partition coefficient (Wildman–Crippen LogP) is 2.03. The Balaban J connectivity index is 2.64. The van der Waals surface area contributed by atoms with Gasteiger partial charge >= 0.3 is 0 Å². The number of hydrogen-bond donors (Lipinski definition) is 2. The number of rotatable bonds is 6. The Labute approximate surface area is 113 Å². The van der Waals surface area contributed by atoms with Crippen molar-refractivity contribution < 1.29 is 13.5 Å². The average Bonchev–Trinajstić information content (AvgIpc) is 2.28. The van der Waals surface area contributed by atoms with Gasteiger partial charge in [-0.2, -0.15) is 0 Å². The summed E-state index contributed by atoms with van der Waals surface area (Å²) < 4.78 is 26.3. The molecule has 0 aliphatic carbocycles. The van der Waals surface area contributed by atoms with Gasteiger partial charge in [-0.3, -0.25) is 0 Å². The van der Waals surface area contributed by atoms with Crippen molar-refractivity contribution in [2.24, 2.45) is 5.92 Å². The standard InChI is InChI=1S/C12H18ClNO3S/c1-9(2)11(15)7-8-14-18(16,17)12-6-4-3-5-10(12)13/h3-6,9,11,14-15H,7-8H2,1-2H3. The average molecular weight is 292 g/mol. The van der Waals surface area contributed by atoms with Crippen LogP contribution in [0.1, 0.15) is 20.3 Å². The minimum atomic E-state index is -3.61. The van der Waals surface area contributed by atoms with Gasteiger partial charge in [-0.05, 0) is 24.5 Å². The van der Waals surface area contributed by atoms with Gasteiger partial charge in [0.25, 0.3) is 0 Å². The Kier molecular flexibility index (Phi) is 5.59. The van der Waals surface area contributed by atoms with Crippen LogP contribution in [0.25, 0.3) is 0 Å². The second kappa shape index (κ2) is 6.52. The summed E-state index contributed by atoms with van der Waals surface area (Å²) >= 11 is 5.83. The third kappa shape index (κ3) is 4.24. The van der Waals surface area contributed by atoms with Crippen LogP contribution in [0.5, 0.6) is 0 Å². The van der Waals surface area contributed by atoms with Gasteiger partial charge in [0.1, 0.15) is 4.90 Å². The van der Waals surface area contributed by atoms with Crippen LogP contribution in [-0.4, -0.2) is 26.2 Å². The summed E-state index contributed by atoms with van der Waals surface area (Å²) in [5.41, 5.74) is 0. The van der Waals surface area contributed by atoms with Crippen LogP contribution < -0.4 is 4.72 Å². The molecule has 1 aromatic carbocycles. The molecule has 18 heavy (non-hydrogen) atoms. The number of halogens is 1. The maximum absolute atomic E-state index is 11.9. The summed E-state index contributed by atoms with van der Waals surface area (Å²) in [4.78, 5) is 0.0608. The zero-order valence-corrected chi connectivity index (χ0v) is 12.0. The molecule has 0 heterocycles. The largest absolute Gasteiger partial charge is 0.393 e. The molecule has 0 saturated heterocycles. The molecule has 1 unspecified atom stereocenters. The molecule has 0 bridgehead atoms. The molecule has 1 atom stereocenters. The van der Waals surface area contributed by atoms with Gasteiger partial charge in [-0.15, -0.1) is 0 Å². The van der Waals surface area contributed by atoms with Gasteiger partial charge in [0, 0.05) is 6.54 Å². The minimum Gasteiger partial charge on any atom is -0.393 e. The monoisotopic (exact) mass is 291 g/mol. The van der Waals surface area contributed by atoms with E-state index in [2.05, 4.69) is 4.72 Å². The number of benzene rings is 1. The molecule has 0 saturated carbocycles. The van der Waals surface area contributed by atoms with E-state index in [0.29, 0.717) is 6.42 Å². The normalized spacial score (nSPS) is 13.8. The van der Waals surface area contributed by atoms with Gasteiger partial charge in [0.05, 0.1) is 11.1 Å². The molecule has 0 spiro atoms. The first-order valence-corrected chi connectivity index (χ1v) is 7.63. The van der Waals surface area contributed by atoms with Gasteiger partial charge in [0.2, 0.25) is 10.0 Å². The third-order valence-corrected chi connectivity index (χ3v) is 4.59. The maximum atomic E-state index is 11.9. The Morgan fingerprint density at radius 2 is 1.94 bits per heavy atom. The summed E-state index contributed by atoms with van der Waals surface area (Å²) in [6.45, 7) is 3.95. The predicted molar refractivity (Wildman–Crippen MR) is 72.1 cm³/mol. The molecular formula is C12H18ClNO3S. The number of aliphatic hydroxyl groups excluding tert-OH is 1. The molecule has 0 radical (unpaired) electrons. The van der Waals surface area contributed by atoms with Gasteiger partial charge in [-0.25, -0.2) is 13.1 Å². The van der Waals surface area contributed by atoms with Crippen LogP contribution >= 0.6 is 11.6 Å². The molecule has 1 aromatic rings. The summed E-state index contributed by atoms with van der Waals surface area (Å²) in [6.07, 6.45) is -0.139. The molecule has 0 amide bonds. The smallest absolute Gasteiger partial charge is 0.242 e. The summed E-state index contributed by atoms with van der Waals surface area (Å²) in [7, 11) is -3.61. The van der Waals surface area contributed by atoms with Crippen molar-refractivity contribution in [3.63, 3.8) is 0 Å². The highest BCUT2D eigenvalue weighted by molar-refractivity contribution is 7.89. The minimum absolute atomic E-state index is 0.0608. The van der Waals surface area contributed by atoms with E-state index in [1.165, 1.54) is 12.1 Å². The molecule has 102 valence electrons. The van der Waals surface area contributed by atoms with Crippen LogP contribution in [0.2, 0.25) is 5.02 Å². The number of aliphatic hydroxyl groups is 1. The Hall–Kier alpha value is -0.620. The highest BCUT2D eigenvalue weighted by Crippen LogP contribution is 2.20. The zero-order valence-electron chi connectivity index (χ0n) is 10.4. The van der Waals surface area contributed by atoms with Crippen LogP contribution in [-0.2, 0) is 10.0 Å².